The summed E-state index contributed by atoms with van der Waals surface area (Å²) in [5.74, 6) is 2.77. The second-order valence-electron chi connectivity index (χ2n) is 10.7. The molecule has 1 fully saturated rings. The lowest BCUT2D eigenvalue weighted by molar-refractivity contribution is 0.377. The summed E-state index contributed by atoms with van der Waals surface area (Å²) >= 11 is 0. The molecule has 40 heavy (non-hydrogen) atoms. The summed E-state index contributed by atoms with van der Waals surface area (Å²) in [6, 6.07) is 13.7. The average Bonchev–Trinajstić information content (AvgIpc) is 3.45. The Morgan fingerprint density at radius 2 is 1.82 bits per heavy atom. The van der Waals surface area contributed by atoms with Crippen molar-refractivity contribution in [3.63, 3.8) is 0 Å². The highest BCUT2D eigenvalue weighted by molar-refractivity contribution is 6.02. The van der Waals surface area contributed by atoms with Crippen molar-refractivity contribution in [3.8, 4) is 12.3 Å². The van der Waals surface area contributed by atoms with Crippen molar-refractivity contribution in [2.75, 3.05) is 27.2 Å². The molecule has 1 aliphatic heterocycles. The molecule has 0 aromatic heterocycles. The number of nitrogens with zero attached hydrogens (tertiary/aromatic N) is 1. The van der Waals surface area contributed by atoms with E-state index in [2.05, 4.69) is 105 Å². The van der Waals surface area contributed by atoms with E-state index < -0.39 is 0 Å². The minimum atomic E-state index is 0.459. The van der Waals surface area contributed by atoms with Gasteiger partial charge in [-0.3, -0.25) is 0 Å². The van der Waals surface area contributed by atoms with Crippen molar-refractivity contribution in [3.05, 3.63) is 125 Å². The van der Waals surface area contributed by atoms with Gasteiger partial charge in [0.2, 0.25) is 0 Å². The van der Waals surface area contributed by atoms with Crippen LogP contribution in [0.3, 0.4) is 0 Å². The van der Waals surface area contributed by atoms with Gasteiger partial charge < -0.3 is 15.5 Å². The molecular formula is C37H45N3. The van der Waals surface area contributed by atoms with Crippen LogP contribution in [-0.2, 0) is 0 Å². The van der Waals surface area contributed by atoms with Gasteiger partial charge in [-0.05, 0) is 87.1 Å². The Morgan fingerprint density at radius 1 is 1.12 bits per heavy atom. The molecule has 2 N–H and O–H groups in total. The van der Waals surface area contributed by atoms with Gasteiger partial charge in [0.15, 0.2) is 0 Å². The normalized spacial score (nSPS) is 16.2. The Labute approximate surface area is 242 Å². The molecule has 1 heterocycles. The molecule has 2 aromatic rings. The van der Waals surface area contributed by atoms with Gasteiger partial charge in [-0.25, -0.2) is 0 Å². The maximum Gasteiger partial charge on any atom is 0.0377 e. The van der Waals surface area contributed by atoms with Gasteiger partial charge >= 0.3 is 0 Å². The summed E-state index contributed by atoms with van der Waals surface area (Å²) in [7, 11) is 4.02. The second-order valence-corrected chi connectivity index (χ2v) is 10.7. The van der Waals surface area contributed by atoms with Gasteiger partial charge in [-0.1, -0.05) is 79.3 Å². The molecule has 2 aromatic carbocycles. The fraction of sp³-hybridized carbons (Fsp3) is 0.297. The van der Waals surface area contributed by atoms with Crippen LogP contribution >= 0.6 is 0 Å². The molecule has 0 aliphatic carbocycles. The van der Waals surface area contributed by atoms with Crippen LogP contribution in [0.2, 0.25) is 0 Å². The maximum absolute atomic E-state index is 5.79. The highest BCUT2D eigenvalue weighted by Gasteiger charge is 2.22. The van der Waals surface area contributed by atoms with Crippen LogP contribution in [0.1, 0.15) is 53.1 Å². The van der Waals surface area contributed by atoms with Crippen LogP contribution in [0.5, 0.6) is 0 Å². The Balaban J connectivity index is 2.30. The number of nitrogens with one attached hydrogen (secondary N) is 2. The van der Waals surface area contributed by atoms with Crippen molar-refractivity contribution in [2.24, 2.45) is 0 Å². The predicted molar refractivity (Wildman–Crippen MR) is 176 cm³/mol. The summed E-state index contributed by atoms with van der Waals surface area (Å²) < 4.78 is 0. The molecular weight excluding hydrogens is 486 g/mol. The third-order valence-corrected chi connectivity index (χ3v) is 7.63. The molecule has 0 saturated carbocycles. The summed E-state index contributed by atoms with van der Waals surface area (Å²) in [4.78, 5) is 2.29. The maximum atomic E-state index is 5.79. The third-order valence-electron chi connectivity index (χ3n) is 7.63. The van der Waals surface area contributed by atoms with Gasteiger partial charge in [0.25, 0.3) is 0 Å². The summed E-state index contributed by atoms with van der Waals surface area (Å²) in [6.07, 6.45) is 14.1. The van der Waals surface area contributed by atoms with E-state index in [0.717, 1.165) is 69.0 Å². The Bertz CT molecular complexity index is 1400. The standard InChI is InChI=1S/C37H45N3/c1-11-30(12-2)22-36(28(7)38-9)31-17-16-27(6)35(23-31)37(29(8)40(10)24-33-15-14-18-39-33)34(13-3)32-20-25(4)19-26(5)21-32/h1,12-13,16-17,19-23,33,38-39H,3,7-8,14-15,18,24H2,2,4-6,9-10H3/b30-12-,36-22+,37-34+. The summed E-state index contributed by atoms with van der Waals surface area (Å²) in [5, 5.41) is 6.84. The molecule has 0 radical (unpaired) electrons. The van der Waals surface area contributed by atoms with Crippen LogP contribution < -0.4 is 10.6 Å². The second kappa shape index (κ2) is 13.9. The van der Waals surface area contributed by atoms with E-state index in [0.29, 0.717) is 6.04 Å². The van der Waals surface area contributed by atoms with Crippen molar-refractivity contribution in [1.82, 2.24) is 15.5 Å². The fourth-order valence-electron chi connectivity index (χ4n) is 5.40. The van der Waals surface area contributed by atoms with E-state index in [1.807, 2.05) is 32.2 Å². The topological polar surface area (TPSA) is 27.3 Å². The van der Waals surface area contributed by atoms with E-state index in [9.17, 15) is 0 Å². The van der Waals surface area contributed by atoms with Gasteiger partial charge in [0, 0.05) is 54.8 Å². The molecule has 3 nitrogen and oxygen atoms in total. The van der Waals surface area contributed by atoms with Crippen LogP contribution in [-0.4, -0.2) is 38.1 Å². The zero-order valence-corrected chi connectivity index (χ0v) is 25.2. The average molecular weight is 532 g/mol. The number of hydrogen-bond acceptors (Lipinski definition) is 3. The molecule has 0 spiro atoms. The van der Waals surface area contributed by atoms with Crippen molar-refractivity contribution in [2.45, 2.75) is 46.6 Å². The van der Waals surface area contributed by atoms with Gasteiger partial charge in [0.1, 0.15) is 0 Å². The third kappa shape index (κ3) is 7.14. The lowest BCUT2D eigenvalue weighted by Crippen LogP contribution is -2.35. The van der Waals surface area contributed by atoms with Crippen molar-refractivity contribution >= 4 is 16.7 Å². The zero-order chi connectivity index (χ0) is 29.4. The lowest BCUT2D eigenvalue weighted by atomic mass is 9.86. The number of likely N-dealkylation sites (N-methyl/N-ethyl adjacent to an activating group) is 2. The predicted octanol–water partition coefficient (Wildman–Crippen LogP) is 7.60. The zero-order valence-electron chi connectivity index (χ0n) is 25.2. The SMILES string of the molecule is C#CC(/C=C(\C(=C)NC)c1ccc(C)c(/C(C(=C)N(C)CC2CCCN2)=C(\C=C)c2cc(C)cc(C)c2)c1)=C/C. The monoisotopic (exact) mass is 531 g/mol. The first-order chi connectivity index (χ1) is 19.1. The first-order valence-corrected chi connectivity index (χ1v) is 14.1. The van der Waals surface area contributed by atoms with Crippen LogP contribution in [0.15, 0.2) is 91.3 Å². The van der Waals surface area contributed by atoms with Gasteiger partial charge in [-0.2, -0.15) is 0 Å². The Hall–Kier alpha value is -4.00. The molecule has 1 atom stereocenters. The van der Waals surface area contributed by atoms with E-state index in [1.54, 1.807) is 0 Å². The first kappa shape index (κ1) is 30.5. The van der Waals surface area contributed by atoms with Crippen molar-refractivity contribution < 1.29 is 0 Å². The van der Waals surface area contributed by atoms with Crippen molar-refractivity contribution in [1.29, 1.82) is 0 Å². The summed E-state index contributed by atoms with van der Waals surface area (Å²) in [6.45, 7) is 23.6. The van der Waals surface area contributed by atoms with Gasteiger partial charge in [0.05, 0.1) is 0 Å². The lowest BCUT2D eigenvalue weighted by Gasteiger charge is -2.29. The Morgan fingerprint density at radius 3 is 2.38 bits per heavy atom. The molecule has 208 valence electrons. The molecule has 1 aliphatic rings. The number of hydrogen-bond donors (Lipinski definition) is 2. The molecule has 1 saturated heterocycles. The number of aryl methyl sites for hydroxylation is 3. The first-order valence-electron chi connectivity index (χ1n) is 14.1. The van der Waals surface area contributed by atoms with Crippen LogP contribution in [0.4, 0.5) is 0 Å². The molecule has 0 amide bonds. The molecule has 1 unspecified atom stereocenters. The van der Waals surface area contributed by atoms with Crippen LogP contribution in [0, 0.1) is 33.1 Å². The largest absolute Gasteiger partial charge is 0.388 e. The minimum Gasteiger partial charge on any atom is -0.388 e. The summed E-state index contributed by atoms with van der Waals surface area (Å²) in [5.41, 5.74) is 12.6. The van der Waals surface area contributed by atoms with E-state index in [-0.39, 0.29) is 0 Å². The number of allylic oxidation sites excluding steroid dienone is 7. The van der Waals surface area contributed by atoms with Gasteiger partial charge in [-0.15, -0.1) is 6.42 Å². The van der Waals surface area contributed by atoms with E-state index in [1.165, 1.54) is 24.0 Å². The highest BCUT2D eigenvalue weighted by atomic mass is 15.1. The number of rotatable bonds is 11. The molecule has 3 rings (SSSR count). The molecule has 0 bridgehead atoms. The smallest absolute Gasteiger partial charge is 0.0377 e. The highest BCUT2D eigenvalue weighted by Crippen LogP contribution is 2.38. The van der Waals surface area contributed by atoms with E-state index >= 15 is 0 Å². The number of benzene rings is 2. The molecule has 3 heteroatoms. The van der Waals surface area contributed by atoms with E-state index in [4.69, 9.17) is 6.42 Å². The van der Waals surface area contributed by atoms with Crippen LogP contribution in [0.25, 0.3) is 16.7 Å². The fourth-order valence-corrected chi connectivity index (χ4v) is 5.40. The Kier molecular flexibility index (Phi) is 10.6. The quantitative estimate of drug-likeness (QED) is 0.178. The minimum absolute atomic E-state index is 0.459. The number of terminal acetylenes is 1.